The molecule has 5 N–H and O–H groups in total. The molecule has 1 saturated carbocycles. The Labute approximate surface area is 107 Å². The van der Waals surface area contributed by atoms with Gasteiger partial charge in [-0.05, 0) is 25.3 Å². The molecule has 1 aromatic carbocycles. The molecule has 0 heterocycles. The fourth-order valence-electron chi connectivity index (χ4n) is 1.87. The van der Waals surface area contributed by atoms with E-state index < -0.39 is 34.6 Å². The number of anilines is 1. The van der Waals surface area contributed by atoms with E-state index in [2.05, 4.69) is 5.32 Å². The Balaban J connectivity index is 2.27. The summed E-state index contributed by atoms with van der Waals surface area (Å²) in [5.74, 6) is -3.66. The molecule has 7 heteroatoms. The summed E-state index contributed by atoms with van der Waals surface area (Å²) in [5, 5.41) is 2.26. The number of primary amides is 1. The standard InChI is InChI=1S/C12H13F2N3O2/c13-7-5-8(14)9(4-6(7)10(15)18)17-11(19)12(16)2-1-3-12/h4-5H,1-3,16H2,(H2,15,18)(H,17,19). The number of nitrogens with one attached hydrogen (secondary N) is 1. The quantitative estimate of drug-likeness (QED) is 0.759. The van der Waals surface area contributed by atoms with E-state index in [9.17, 15) is 18.4 Å². The lowest BCUT2D eigenvalue weighted by Gasteiger charge is -2.36. The highest BCUT2D eigenvalue weighted by atomic mass is 19.1. The molecule has 0 aromatic heterocycles. The minimum absolute atomic E-state index is 0.308. The van der Waals surface area contributed by atoms with Gasteiger partial charge in [0, 0.05) is 6.07 Å². The number of carbonyl (C=O) groups excluding carboxylic acids is 2. The summed E-state index contributed by atoms with van der Waals surface area (Å²) in [6.45, 7) is 0. The highest BCUT2D eigenvalue weighted by Gasteiger charge is 2.40. The average molecular weight is 269 g/mol. The maximum Gasteiger partial charge on any atom is 0.251 e. The van der Waals surface area contributed by atoms with Gasteiger partial charge in [-0.3, -0.25) is 9.59 Å². The molecule has 2 rings (SSSR count). The van der Waals surface area contributed by atoms with E-state index in [1.54, 1.807) is 0 Å². The first kappa shape index (κ1) is 13.4. The predicted molar refractivity (Wildman–Crippen MR) is 64.3 cm³/mol. The summed E-state index contributed by atoms with van der Waals surface area (Å²) in [6.07, 6.45) is 1.83. The van der Waals surface area contributed by atoms with E-state index in [1.165, 1.54) is 0 Å². The highest BCUT2D eigenvalue weighted by Crippen LogP contribution is 2.31. The van der Waals surface area contributed by atoms with Crippen molar-refractivity contribution in [1.82, 2.24) is 0 Å². The molecule has 5 nitrogen and oxygen atoms in total. The van der Waals surface area contributed by atoms with Crippen molar-refractivity contribution in [3.8, 4) is 0 Å². The van der Waals surface area contributed by atoms with Crippen LogP contribution in [0.1, 0.15) is 29.6 Å². The van der Waals surface area contributed by atoms with Crippen LogP contribution in [0.15, 0.2) is 12.1 Å². The van der Waals surface area contributed by atoms with E-state index in [-0.39, 0.29) is 5.69 Å². The third-order valence-corrected chi connectivity index (χ3v) is 3.27. The Morgan fingerprint density at radius 3 is 2.32 bits per heavy atom. The summed E-state index contributed by atoms with van der Waals surface area (Å²) in [5.41, 5.74) is 8.90. The van der Waals surface area contributed by atoms with Crippen molar-refractivity contribution in [2.24, 2.45) is 11.5 Å². The van der Waals surface area contributed by atoms with Crippen LogP contribution in [0.25, 0.3) is 0 Å². The topological polar surface area (TPSA) is 98.2 Å². The minimum atomic E-state index is -1.07. The molecule has 0 aliphatic heterocycles. The third-order valence-electron chi connectivity index (χ3n) is 3.27. The molecule has 0 saturated heterocycles. The van der Waals surface area contributed by atoms with Crippen molar-refractivity contribution in [1.29, 1.82) is 0 Å². The Morgan fingerprint density at radius 1 is 1.21 bits per heavy atom. The zero-order valence-electron chi connectivity index (χ0n) is 10.0. The molecule has 0 bridgehead atoms. The smallest absolute Gasteiger partial charge is 0.251 e. The van der Waals surface area contributed by atoms with Gasteiger partial charge in [0.15, 0.2) is 0 Å². The molecule has 1 aliphatic carbocycles. The van der Waals surface area contributed by atoms with Crippen LogP contribution in [-0.4, -0.2) is 17.4 Å². The van der Waals surface area contributed by atoms with Crippen molar-refractivity contribution in [2.45, 2.75) is 24.8 Å². The molecule has 0 atom stereocenters. The molecule has 1 aliphatic rings. The molecular weight excluding hydrogens is 256 g/mol. The second-order valence-electron chi connectivity index (χ2n) is 4.64. The molecule has 19 heavy (non-hydrogen) atoms. The van der Waals surface area contributed by atoms with Crippen LogP contribution in [0, 0.1) is 11.6 Å². The van der Waals surface area contributed by atoms with Gasteiger partial charge in [-0.15, -0.1) is 0 Å². The number of halogens is 2. The number of rotatable bonds is 3. The Morgan fingerprint density at radius 2 is 1.84 bits per heavy atom. The Kier molecular flexibility index (Phi) is 3.23. The van der Waals surface area contributed by atoms with Gasteiger partial charge in [-0.25, -0.2) is 8.78 Å². The van der Waals surface area contributed by atoms with Crippen molar-refractivity contribution >= 4 is 17.5 Å². The van der Waals surface area contributed by atoms with E-state index in [0.29, 0.717) is 18.9 Å². The molecule has 2 amide bonds. The van der Waals surface area contributed by atoms with Crippen LogP contribution in [0.3, 0.4) is 0 Å². The van der Waals surface area contributed by atoms with E-state index >= 15 is 0 Å². The lowest BCUT2D eigenvalue weighted by molar-refractivity contribution is -0.123. The zero-order valence-corrected chi connectivity index (χ0v) is 10.0. The SMILES string of the molecule is NC(=O)c1cc(NC(=O)C2(N)CCC2)c(F)cc1F. The maximum absolute atomic E-state index is 13.5. The summed E-state index contributed by atoms with van der Waals surface area (Å²) >= 11 is 0. The summed E-state index contributed by atoms with van der Waals surface area (Å²) in [4.78, 5) is 22.8. The number of carbonyl (C=O) groups is 2. The van der Waals surface area contributed by atoms with Crippen molar-refractivity contribution < 1.29 is 18.4 Å². The van der Waals surface area contributed by atoms with Crippen LogP contribution in [-0.2, 0) is 4.79 Å². The van der Waals surface area contributed by atoms with Gasteiger partial charge in [-0.1, -0.05) is 0 Å². The van der Waals surface area contributed by atoms with E-state index in [1.807, 2.05) is 0 Å². The second-order valence-corrected chi connectivity index (χ2v) is 4.64. The molecule has 0 unspecified atom stereocenters. The van der Waals surface area contributed by atoms with Crippen LogP contribution < -0.4 is 16.8 Å². The van der Waals surface area contributed by atoms with Gasteiger partial charge in [0.05, 0.1) is 16.8 Å². The normalized spacial score (nSPS) is 16.6. The van der Waals surface area contributed by atoms with E-state index in [0.717, 1.165) is 12.5 Å². The van der Waals surface area contributed by atoms with Gasteiger partial charge in [0.25, 0.3) is 5.91 Å². The van der Waals surface area contributed by atoms with E-state index in [4.69, 9.17) is 11.5 Å². The average Bonchev–Trinajstić information content (AvgIpc) is 2.28. The third kappa shape index (κ3) is 2.41. The first-order chi connectivity index (χ1) is 8.83. The number of hydrogen-bond acceptors (Lipinski definition) is 3. The first-order valence-electron chi connectivity index (χ1n) is 5.73. The minimum Gasteiger partial charge on any atom is -0.366 e. The van der Waals surface area contributed by atoms with Crippen molar-refractivity contribution in [3.05, 3.63) is 29.3 Å². The summed E-state index contributed by atoms with van der Waals surface area (Å²) < 4.78 is 26.8. The summed E-state index contributed by atoms with van der Waals surface area (Å²) in [6, 6.07) is 1.37. The number of nitrogens with two attached hydrogens (primary N) is 2. The van der Waals surface area contributed by atoms with Crippen molar-refractivity contribution in [3.63, 3.8) is 0 Å². The van der Waals surface area contributed by atoms with Crippen LogP contribution >= 0.6 is 0 Å². The number of benzene rings is 1. The molecule has 1 aromatic rings. The van der Waals surface area contributed by atoms with Gasteiger partial charge in [0.2, 0.25) is 5.91 Å². The van der Waals surface area contributed by atoms with Crippen molar-refractivity contribution in [2.75, 3.05) is 5.32 Å². The van der Waals surface area contributed by atoms with Crippen LogP contribution in [0.2, 0.25) is 0 Å². The largest absolute Gasteiger partial charge is 0.366 e. The molecule has 102 valence electrons. The predicted octanol–water partition coefficient (Wildman–Crippen LogP) is 0.884. The number of amides is 2. The Bertz CT molecular complexity index is 556. The van der Waals surface area contributed by atoms with Gasteiger partial charge in [-0.2, -0.15) is 0 Å². The summed E-state index contributed by atoms with van der Waals surface area (Å²) in [7, 11) is 0. The van der Waals surface area contributed by atoms with Gasteiger partial charge < -0.3 is 16.8 Å². The molecular formula is C12H13F2N3O2. The monoisotopic (exact) mass is 269 g/mol. The maximum atomic E-state index is 13.5. The molecule has 1 fully saturated rings. The van der Waals surface area contributed by atoms with Gasteiger partial charge in [0.1, 0.15) is 11.6 Å². The molecule has 0 spiro atoms. The highest BCUT2D eigenvalue weighted by molar-refractivity contribution is 6.00. The fraction of sp³-hybridized carbons (Fsp3) is 0.333. The lowest BCUT2D eigenvalue weighted by Crippen LogP contribution is -2.56. The Hall–Kier alpha value is -2.02. The van der Waals surface area contributed by atoms with Crippen LogP contribution in [0.5, 0.6) is 0 Å². The fourth-order valence-corrected chi connectivity index (χ4v) is 1.87. The lowest BCUT2D eigenvalue weighted by atomic mass is 9.77. The van der Waals surface area contributed by atoms with Gasteiger partial charge >= 0.3 is 0 Å². The zero-order chi connectivity index (χ0) is 14.2. The molecule has 0 radical (unpaired) electrons. The number of hydrogen-bond donors (Lipinski definition) is 3. The van der Waals surface area contributed by atoms with Crippen LogP contribution in [0.4, 0.5) is 14.5 Å². The second kappa shape index (κ2) is 4.58. The first-order valence-corrected chi connectivity index (χ1v) is 5.73.